The van der Waals surface area contributed by atoms with E-state index in [4.69, 9.17) is 10.5 Å². The molecule has 0 saturated carbocycles. The van der Waals surface area contributed by atoms with Crippen LogP contribution in [0.15, 0.2) is 22.7 Å². The fraction of sp³-hybridized carbons (Fsp3) is 0.500. The van der Waals surface area contributed by atoms with Crippen LogP contribution in [0.25, 0.3) is 0 Å². The van der Waals surface area contributed by atoms with Crippen LogP contribution in [-0.2, 0) is 11.2 Å². The van der Waals surface area contributed by atoms with Crippen LogP contribution in [0.2, 0.25) is 0 Å². The Labute approximate surface area is 122 Å². The van der Waals surface area contributed by atoms with Crippen LogP contribution < -0.4 is 15.8 Å². The third-order valence-corrected chi connectivity index (χ3v) is 3.15. The second kappa shape index (κ2) is 7.50. The highest BCUT2D eigenvalue weighted by Crippen LogP contribution is 2.27. The van der Waals surface area contributed by atoms with Crippen LogP contribution in [0.1, 0.15) is 26.3 Å². The zero-order valence-electron chi connectivity index (χ0n) is 11.6. The van der Waals surface area contributed by atoms with Crippen molar-refractivity contribution in [2.75, 3.05) is 6.54 Å². The van der Waals surface area contributed by atoms with Gasteiger partial charge in [0.1, 0.15) is 5.75 Å². The minimum Gasteiger partial charge on any atom is -0.480 e. The van der Waals surface area contributed by atoms with E-state index in [2.05, 4.69) is 21.2 Å². The Hall–Kier alpha value is -1.07. The van der Waals surface area contributed by atoms with E-state index in [9.17, 15) is 4.79 Å². The van der Waals surface area contributed by atoms with Crippen molar-refractivity contribution < 1.29 is 9.53 Å². The van der Waals surface area contributed by atoms with E-state index in [1.807, 2.05) is 32.0 Å². The molecule has 1 rings (SSSR count). The average Bonchev–Trinajstić information content (AvgIpc) is 2.32. The normalized spacial score (nSPS) is 12.3. The van der Waals surface area contributed by atoms with Crippen LogP contribution in [0, 0.1) is 0 Å². The number of halogens is 1. The molecule has 0 aliphatic rings. The van der Waals surface area contributed by atoms with E-state index in [1.54, 1.807) is 6.92 Å². The molecule has 1 aromatic rings. The number of benzene rings is 1. The van der Waals surface area contributed by atoms with Crippen molar-refractivity contribution in [1.29, 1.82) is 0 Å². The summed E-state index contributed by atoms with van der Waals surface area (Å²) in [6, 6.07) is 5.89. The van der Waals surface area contributed by atoms with Gasteiger partial charge in [-0.3, -0.25) is 4.79 Å². The Balaban J connectivity index is 2.69. The van der Waals surface area contributed by atoms with Gasteiger partial charge in [-0.25, -0.2) is 0 Å². The predicted molar refractivity (Wildman–Crippen MR) is 80.3 cm³/mol. The summed E-state index contributed by atoms with van der Waals surface area (Å²) in [5.41, 5.74) is 6.66. The quantitative estimate of drug-likeness (QED) is 0.841. The van der Waals surface area contributed by atoms with E-state index in [1.165, 1.54) is 0 Å². The van der Waals surface area contributed by atoms with Gasteiger partial charge in [0, 0.05) is 6.04 Å². The fourth-order valence-electron chi connectivity index (χ4n) is 1.61. The van der Waals surface area contributed by atoms with Gasteiger partial charge in [0.15, 0.2) is 6.10 Å². The fourth-order valence-corrected chi connectivity index (χ4v) is 2.13. The summed E-state index contributed by atoms with van der Waals surface area (Å²) in [6.07, 6.45) is 0.293. The van der Waals surface area contributed by atoms with E-state index in [0.29, 0.717) is 12.3 Å². The van der Waals surface area contributed by atoms with Gasteiger partial charge in [-0.05, 0) is 67.4 Å². The lowest BCUT2D eigenvalue weighted by Gasteiger charge is -2.17. The van der Waals surface area contributed by atoms with Crippen molar-refractivity contribution in [1.82, 2.24) is 5.32 Å². The summed E-state index contributed by atoms with van der Waals surface area (Å²) < 4.78 is 6.49. The summed E-state index contributed by atoms with van der Waals surface area (Å²) in [5, 5.41) is 2.82. The molecule has 0 radical (unpaired) electrons. The molecule has 0 aliphatic carbocycles. The molecule has 3 N–H and O–H groups in total. The first kappa shape index (κ1) is 16.0. The molecule has 106 valence electrons. The van der Waals surface area contributed by atoms with Crippen LogP contribution in [0.4, 0.5) is 0 Å². The lowest BCUT2D eigenvalue weighted by Crippen LogP contribution is -2.40. The topological polar surface area (TPSA) is 64.3 Å². The number of carbonyl (C=O) groups excluding carboxylic acids is 1. The average molecular weight is 329 g/mol. The molecule has 1 amide bonds. The molecule has 1 atom stereocenters. The SMILES string of the molecule is CC(C)NC(=O)C(C)Oc1ccc(CCN)cc1Br. The molecule has 0 saturated heterocycles. The Morgan fingerprint density at radius 1 is 1.42 bits per heavy atom. The van der Waals surface area contributed by atoms with Crippen LogP contribution in [-0.4, -0.2) is 24.6 Å². The Morgan fingerprint density at radius 3 is 2.63 bits per heavy atom. The number of nitrogens with two attached hydrogens (primary N) is 1. The van der Waals surface area contributed by atoms with Gasteiger partial charge >= 0.3 is 0 Å². The standard InChI is InChI=1S/C14H21BrN2O2/c1-9(2)17-14(18)10(3)19-13-5-4-11(6-7-16)8-12(13)15/h4-5,8-10H,6-7,16H2,1-3H3,(H,17,18). The molecule has 0 bridgehead atoms. The lowest BCUT2D eigenvalue weighted by atomic mass is 10.1. The lowest BCUT2D eigenvalue weighted by molar-refractivity contribution is -0.127. The highest BCUT2D eigenvalue weighted by molar-refractivity contribution is 9.10. The van der Waals surface area contributed by atoms with Gasteiger partial charge in [0.25, 0.3) is 5.91 Å². The van der Waals surface area contributed by atoms with E-state index >= 15 is 0 Å². The van der Waals surface area contributed by atoms with Crippen LogP contribution >= 0.6 is 15.9 Å². The van der Waals surface area contributed by atoms with Crippen molar-refractivity contribution in [3.8, 4) is 5.75 Å². The Bertz CT molecular complexity index is 435. The molecule has 1 unspecified atom stereocenters. The summed E-state index contributed by atoms with van der Waals surface area (Å²) in [4.78, 5) is 11.8. The maximum Gasteiger partial charge on any atom is 0.260 e. The zero-order valence-corrected chi connectivity index (χ0v) is 13.2. The number of nitrogens with one attached hydrogen (secondary N) is 1. The minimum atomic E-state index is -0.529. The third kappa shape index (κ3) is 5.20. The monoisotopic (exact) mass is 328 g/mol. The molecule has 0 aromatic heterocycles. The molecular formula is C14H21BrN2O2. The Kier molecular flexibility index (Phi) is 6.31. The highest BCUT2D eigenvalue weighted by atomic mass is 79.9. The number of hydrogen-bond acceptors (Lipinski definition) is 3. The maximum absolute atomic E-state index is 11.8. The zero-order chi connectivity index (χ0) is 14.4. The number of amides is 1. The highest BCUT2D eigenvalue weighted by Gasteiger charge is 2.16. The summed E-state index contributed by atoms with van der Waals surface area (Å²) in [6.45, 7) is 6.18. The molecule has 0 aliphatic heterocycles. The van der Waals surface area contributed by atoms with Crippen molar-refractivity contribution >= 4 is 21.8 Å². The van der Waals surface area contributed by atoms with E-state index in [-0.39, 0.29) is 11.9 Å². The van der Waals surface area contributed by atoms with Gasteiger partial charge in [-0.1, -0.05) is 6.07 Å². The largest absolute Gasteiger partial charge is 0.480 e. The Morgan fingerprint density at radius 2 is 2.11 bits per heavy atom. The van der Waals surface area contributed by atoms with Gasteiger partial charge in [-0.15, -0.1) is 0 Å². The van der Waals surface area contributed by atoms with Crippen molar-refractivity contribution in [2.45, 2.75) is 39.3 Å². The second-order valence-electron chi connectivity index (χ2n) is 4.73. The smallest absolute Gasteiger partial charge is 0.260 e. The van der Waals surface area contributed by atoms with Gasteiger partial charge in [0.2, 0.25) is 0 Å². The first-order valence-corrected chi connectivity index (χ1v) is 7.19. The van der Waals surface area contributed by atoms with Gasteiger partial charge in [0.05, 0.1) is 4.47 Å². The maximum atomic E-state index is 11.8. The first-order valence-electron chi connectivity index (χ1n) is 6.39. The summed E-state index contributed by atoms with van der Waals surface area (Å²) in [7, 11) is 0. The first-order chi connectivity index (χ1) is 8.93. The molecular weight excluding hydrogens is 308 g/mol. The van der Waals surface area contributed by atoms with Crippen LogP contribution in [0.3, 0.4) is 0 Å². The number of hydrogen-bond donors (Lipinski definition) is 2. The van der Waals surface area contributed by atoms with Crippen molar-refractivity contribution in [3.05, 3.63) is 28.2 Å². The van der Waals surface area contributed by atoms with E-state index < -0.39 is 6.10 Å². The molecule has 1 aromatic carbocycles. The molecule has 5 heteroatoms. The van der Waals surface area contributed by atoms with Crippen molar-refractivity contribution in [2.24, 2.45) is 5.73 Å². The summed E-state index contributed by atoms with van der Waals surface area (Å²) >= 11 is 3.45. The molecule has 4 nitrogen and oxygen atoms in total. The van der Waals surface area contributed by atoms with Gasteiger partial charge < -0.3 is 15.8 Å². The van der Waals surface area contributed by atoms with Gasteiger partial charge in [-0.2, -0.15) is 0 Å². The van der Waals surface area contributed by atoms with Crippen LogP contribution in [0.5, 0.6) is 5.75 Å². The molecule has 0 heterocycles. The second-order valence-corrected chi connectivity index (χ2v) is 5.58. The number of carbonyl (C=O) groups is 1. The number of ether oxygens (including phenoxy) is 1. The van der Waals surface area contributed by atoms with Crippen molar-refractivity contribution in [3.63, 3.8) is 0 Å². The predicted octanol–water partition coefficient (Wildman–Crippen LogP) is 2.24. The number of rotatable bonds is 6. The molecule has 19 heavy (non-hydrogen) atoms. The molecule has 0 spiro atoms. The summed E-state index contributed by atoms with van der Waals surface area (Å²) in [5.74, 6) is 0.542. The third-order valence-electron chi connectivity index (χ3n) is 2.53. The molecule has 0 fully saturated rings. The van der Waals surface area contributed by atoms with E-state index in [0.717, 1.165) is 16.5 Å². The minimum absolute atomic E-state index is 0.105.